The van der Waals surface area contributed by atoms with E-state index in [0.717, 1.165) is 25.9 Å². The zero-order valence-electron chi connectivity index (χ0n) is 8.46. The summed E-state index contributed by atoms with van der Waals surface area (Å²) < 4.78 is 5.35. The van der Waals surface area contributed by atoms with Crippen molar-refractivity contribution in [2.75, 3.05) is 26.7 Å². The second-order valence-corrected chi connectivity index (χ2v) is 3.61. The third-order valence-electron chi connectivity index (χ3n) is 2.59. The highest BCUT2D eigenvalue weighted by Gasteiger charge is 2.18. The lowest BCUT2D eigenvalue weighted by Crippen LogP contribution is -2.39. The largest absolute Gasteiger partial charge is 0.380 e. The van der Waals surface area contributed by atoms with E-state index in [-0.39, 0.29) is 0 Å². The summed E-state index contributed by atoms with van der Waals surface area (Å²) in [5.41, 5.74) is 0. The van der Waals surface area contributed by atoms with Crippen LogP contribution in [0.3, 0.4) is 0 Å². The lowest BCUT2D eigenvalue weighted by atomic mass is 10.1. The Kier molecular flexibility index (Phi) is 4.88. The summed E-state index contributed by atoms with van der Waals surface area (Å²) in [5.74, 6) is 2.67. The summed E-state index contributed by atoms with van der Waals surface area (Å²) in [7, 11) is 1.80. The van der Waals surface area contributed by atoms with Gasteiger partial charge in [-0.3, -0.25) is 0 Å². The maximum atomic E-state index is 5.35. The van der Waals surface area contributed by atoms with Crippen LogP contribution in [0, 0.1) is 12.3 Å². The molecule has 1 saturated heterocycles. The number of methoxy groups -OCH3 is 1. The summed E-state index contributed by atoms with van der Waals surface area (Å²) in [6.45, 7) is 3.43. The Balaban J connectivity index is 2.15. The Morgan fingerprint density at radius 3 is 3.15 bits per heavy atom. The molecule has 1 fully saturated rings. The van der Waals surface area contributed by atoms with E-state index in [1.54, 1.807) is 7.11 Å². The first-order chi connectivity index (χ1) is 6.36. The summed E-state index contributed by atoms with van der Waals surface area (Å²) in [6.07, 6.45) is 10.1. The van der Waals surface area contributed by atoms with Crippen LogP contribution in [0.5, 0.6) is 0 Å². The molecule has 0 radical (unpaired) electrons. The lowest BCUT2D eigenvalue weighted by Gasteiger charge is -2.31. The Bertz CT molecular complexity index is 173. The number of nitrogens with zero attached hydrogens (tertiary/aromatic N) is 1. The average molecular weight is 181 g/mol. The Morgan fingerprint density at radius 2 is 2.46 bits per heavy atom. The zero-order chi connectivity index (χ0) is 9.52. The number of hydrogen-bond donors (Lipinski definition) is 0. The monoisotopic (exact) mass is 181 g/mol. The van der Waals surface area contributed by atoms with Crippen LogP contribution in [0.1, 0.15) is 25.7 Å². The van der Waals surface area contributed by atoms with Crippen molar-refractivity contribution in [3.63, 3.8) is 0 Å². The van der Waals surface area contributed by atoms with Crippen LogP contribution in [0.25, 0.3) is 0 Å². The fourth-order valence-electron chi connectivity index (χ4n) is 1.81. The first kappa shape index (κ1) is 10.6. The van der Waals surface area contributed by atoms with Gasteiger partial charge >= 0.3 is 0 Å². The molecule has 0 aromatic heterocycles. The standard InChI is InChI=1S/C11H19NO/c1-3-4-5-8-12-9-6-7-11(10-12)13-2/h1,11H,4-10H2,2H3. The number of hydrogen-bond acceptors (Lipinski definition) is 2. The van der Waals surface area contributed by atoms with Crippen LogP contribution in [0.4, 0.5) is 0 Å². The molecule has 2 nitrogen and oxygen atoms in total. The predicted molar refractivity (Wildman–Crippen MR) is 54.5 cm³/mol. The van der Waals surface area contributed by atoms with E-state index in [4.69, 9.17) is 11.2 Å². The van der Waals surface area contributed by atoms with Crippen LogP contribution in [0.2, 0.25) is 0 Å². The maximum absolute atomic E-state index is 5.35. The lowest BCUT2D eigenvalue weighted by molar-refractivity contribution is 0.0312. The number of terminal acetylenes is 1. The Morgan fingerprint density at radius 1 is 1.62 bits per heavy atom. The molecule has 1 atom stereocenters. The molecule has 2 heteroatoms. The van der Waals surface area contributed by atoms with Crippen LogP contribution in [0.15, 0.2) is 0 Å². The summed E-state index contributed by atoms with van der Waals surface area (Å²) in [4.78, 5) is 2.45. The minimum absolute atomic E-state index is 0.444. The van der Waals surface area contributed by atoms with Gasteiger partial charge in [0, 0.05) is 20.1 Å². The van der Waals surface area contributed by atoms with Crippen molar-refractivity contribution < 1.29 is 4.74 Å². The van der Waals surface area contributed by atoms with Gasteiger partial charge in [0.15, 0.2) is 0 Å². The van der Waals surface area contributed by atoms with E-state index >= 15 is 0 Å². The van der Waals surface area contributed by atoms with Crippen LogP contribution in [-0.2, 0) is 4.74 Å². The van der Waals surface area contributed by atoms with Crippen LogP contribution >= 0.6 is 0 Å². The second-order valence-electron chi connectivity index (χ2n) is 3.61. The SMILES string of the molecule is C#CCCCN1CCCC(OC)C1. The molecule has 13 heavy (non-hydrogen) atoms. The van der Waals surface area contributed by atoms with Crippen molar-refractivity contribution in [2.24, 2.45) is 0 Å². The van der Waals surface area contributed by atoms with Crippen LogP contribution in [-0.4, -0.2) is 37.7 Å². The maximum Gasteiger partial charge on any atom is 0.0698 e. The van der Waals surface area contributed by atoms with Crippen LogP contribution < -0.4 is 0 Å². The van der Waals surface area contributed by atoms with Gasteiger partial charge in [-0.1, -0.05) is 0 Å². The van der Waals surface area contributed by atoms with Gasteiger partial charge < -0.3 is 9.64 Å². The molecule has 74 valence electrons. The highest BCUT2D eigenvalue weighted by atomic mass is 16.5. The molecule has 0 spiro atoms. The first-order valence-corrected chi connectivity index (χ1v) is 5.05. The molecule has 1 aliphatic rings. The summed E-state index contributed by atoms with van der Waals surface area (Å²) >= 11 is 0. The first-order valence-electron chi connectivity index (χ1n) is 5.05. The quantitative estimate of drug-likeness (QED) is 0.481. The van der Waals surface area contributed by atoms with Crippen molar-refractivity contribution in [1.29, 1.82) is 0 Å². The van der Waals surface area contributed by atoms with Gasteiger partial charge in [-0.05, 0) is 32.4 Å². The molecular weight excluding hydrogens is 162 g/mol. The number of likely N-dealkylation sites (tertiary alicyclic amines) is 1. The predicted octanol–water partition coefficient (Wildman–Crippen LogP) is 1.51. The van der Waals surface area contributed by atoms with Gasteiger partial charge in [0.2, 0.25) is 0 Å². The van der Waals surface area contributed by atoms with Gasteiger partial charge in [-0.25, -0.2) is 0 Å². The number of ether oxygens (including phenoxy) is 1. The van der Waals surface area contributed by atoms with Crippen molar-refractivity contribution in [1.82, 2.24) is 4.90 Å². The third kappa shape index (κ3) is 3.80. The van der Waals surface area contributed by atoms with E-state index in [9.17, 15) is 0 Å². The number of unbranched alkanes of at least 4 members (excludes halogenated alkanes) is 1. The highest BCUT2D eigenvalue weighted by Crippen LogP contribution is 2.12. The molecule has 0 aliphatic carbocycles. The van der Waals surface area contributed by atoms with E-state index < -0.39 is 0 Å². The molecular formula is C11H19NO. The highest BCUT2D eigenvalue weighted by molar-refractivity contribution is 4.84. The van der Waals surface area contributed by atoms with Crippen molar-refractivity contribution in [2.45, 2.75) is 31.8 Å². The topological polar surface area (TPSA) is 12.5 Å². The second kappa shape index (κ2) is 6.01. The molecule has 1 rings (SSSR count). The van der Waals surface area contributed by atoms with Crippen molar-refractivity contribution in [3.05, 3.63) is 0 Å². The Hall–Kier alpha value is -0.520. The van der Waals surface area contributed by atoms with Crippen molar-refractivity contribution >= 4 is 0 Å². The molecule has 1 heterocycles. The van der Waals surface area contributed by atoms with Gasteiger partial charge in [-0.2, -0.15) is 0 Å². The summed E-state index contributed by atoms with van der Waals surface area (Å²) in [6, 6.07) is 0. The van der Waals surface area contributed by atoms with E-state index in [2.05, 4.69) is 10.8 Å². The van der Waals surface area contributed by atoms with Gasteiger partial charge in [0.1, 0.15) is 0 Å². The van der Waals surface area contributed by atoms with E-state index in [0.29, 0.717) is 6.10 Å². The van der Waals surface area contributed by atoms with E-state index in [1.165, 1.54) is 19.4 Å². The van der Waals surface area contributed by atoms with E-state index in [1.807, 2.05) is 0 Å². The minimum atomic E-state index is 0.444. The minimum Gasteiger partial charge on any atom is -0.380 e. The molecule has 0 N–H and O–H groups in total. The fourth-order valence-corrected chi connectivity index (χ4v) is 1.81. The van der Waals surface area contributed by atoms with Gasteiger partial charge in [-0.15, -0.1) is 12.3 Å². The fraction of sp³-hybridized carbons (Fsp3) is 0.818. The molecule has 0 saturated carbocycles. The molecule has 0 aromatic rings. The number of rotatable bonds is 4. The molecule has 0 amide bonds. The smallest absolute Gasteiger partial charge is 0.0698 e. The number of piperidine rings is 1. The Labute approximate surface area is 81.3 Å². The molecule has 0 aromatic carbocycles. The van der Waals surface area contributed by atoms with Gasteiger partial charge in [0.25, 0.3) is 0 Å². The molecule has 0 bridgehead atoms. The normalized spacial score (nSPS) is 24.2. The third-order valence-corrected chi connectivity index (χ3v) is 2.59. The molecule has 1 aliphatic heterocycles. The zero-order valence-corrected chi connectivity index (χ0v) is 8.46. The molecule has 1 unspecified atom stereocenters. The average Bonchev–Trinajstić information content (AvgIpc) is 2.19. The van der Waals surface area contributed by atoms with Crippen molar-refractivity contribution in [3.8, 4) is 12.3 Å². The summed E-state index contributed by atoms with van der Waals surface area (Å²) in [5, 5.41) is 0. The van der Waals surface area contributed by atoms with Gasteiger partial charge in [0.05, 0.1) is 6.10 Å².